The van der Waals surface area contributed by atoms with Crippen LogP contribution in [0.15, 0.2) is 11.0 Å². The molecular formula is C18H24FN3O8. The van der Waals surface area contributed by atoms with Crippen molar-refractivity contribution >= 4 is 23.8 Å². The van der Waals surface area contributed by atoms with E-state index in [1.54, 1.807) is 6.92 Å². The molecule has 30 heavy (non-hydrogen) atoms. The third-order valence-corrected chi connectivity index (χ3v) is 4.16. The van der Waals surface area contributed by atoms with Crippen LogP contribution in [0.5, 0.6) is 0 Å². The van der Waals surface area contributed by atoms with Gasteiger partial charge in [0.05, 0.1) is 18.9 Å². The second kappa shape index (κ2) is 10.1. The average Bonchev–Trinajstić information content (AvgIpc) is 2.93. The summed E-state index contributed by atoms with van der Waals surface area (Å²) >= 11 is 0. The number of unbranched alkanes of at least 4 members (excludes halogenated alkanes) is 1. The number of rotatable bonds is 7. The molecule has 1 amide bonds. The standard InChI is InChI=1S/C18H24FN3O8/c1-5-6-7-27-18(26)21-15-12(19)8-22(17(25)20-15)16-14(30-11(4)24)13(9(2)28-16)29-10(3)23/h8-9,13-14,16H,5-7H2,1-4H3,(H,20,21,25,26)/t9-,13-,14-,16-/m0/s1. The Morgan fingerprint density at radius 1 is 1.23 bits per heavy atom. The minimum Gasteiger partial charge on any atom is -0.456 e. The number of nitrogens with one attached hydrogen (secondary N) is 1. The third kappa shape index (κ3) is 5.75. The fraction of sp³-hybridized carbons (Fsp3) is 0.611. The summed E-state index contributed by atoms with van der Waals surface area (Å²) < 4.78 is 36.0. The fourth-order valence-electron chi connectivity index (χ4n) is 2.86. The molecule has 0 spiro atoms. The van der Waals surface area contributed by atoms with Crippen LogP contribution in [-0.2, 0) is 28.5 Å². The number of halogens is 1. The number of ether oxygens (including phenoxy) is 4. The van der Waals surface area contributed by atoms with Crippen molar-refractivity contribution in [1.29, 1.82) is 0 Å². The number of carbonyl (C=O) groups excluding carboxylic acids is 3. The van der Waals surface area contributed by atoms with Crippen molar-refractivity contribution in [2.45, 2.75) is 65.1 Å². The molecule has 1 saturated heterocycles. The molecule has 11 nitrogen and oxygen atoms in total. The summed E-state index contributed by atoms with van der Waals surface area (Å²) in [6.45, 7) is 5.88. The zero-order valence-electron chi connectivity index (χ0n) is 17.0. The Bertz CT molecular complexity index is 858. The number of carbonyl (C=O) groups is 3. The second-order valence-corrected chi connectivity index (χ2v) is 6.62. The van der Waals surface area contributed by atoms with E-state index in [-0.39, 0.29) is 6.61 Å². The van der Waals surface area contributed by atoms with Gasteiger partial charge in [0.1, 0.15) is 0 Å². The van der Waals surface area contributed by atoms with Gasteiger partial charge in [-0.25, -0.2) is 14.0 Å². The number of amides is 1. The Morgan fingerprint density at radius 3 is 2.47 bits per heavy atom. The lowest BCUT2D eigenvalue weighted by Gasteiger charge is -2.23. The fourth-order valence-corrected chi connectivity index (χ4v) is 2.86. The highest BCUT2D eigenvalue weighted by Crippen LogP contribution is 2.33. The predicted molar refractivity (Wildman–Crippen MR) is 99.0 cm³/mol. The van der Waals surface area contributed by atoms with Crippen molar-refractivity contribution in [3.8, 4) is 0 Å². The van der Waals surface area contributed by atoms with Gasteiger partial charge in [-0.1, -0.05) is 13.3 Å². The van der Waals surface area contributed by atoms with E-state index < -0.39 is 59.9 Å². The Balaban J connectivity index is 2.28. The molecule has 1 fully saturated rings. The molecule has 1 aliphatic rings. The zero-order chi connectivity index (χ0) is 22.4. The third-order valence-electron chi connectivity index (χ3n) is 4.16. The van der Waals surface area contributed by atoms with E-state index in [0.29, 0.717) is 6.42 Å². The molecule has 0 saturated carbocycles. The Kier molecular flexibility index (Phi) is 7.86. The highest BCUT2D eigenvalue weighted by atomic mass is 19.1. The molecule has 0 aliphatic carbocycles. The van der Waals surface area contributed by atoms with Gasteiger partial charge in [-0.2, -0.15) is 4.98 Å². The normalized spacial score (nSPS) is 23.0. The maximum Gasteiger partial charge on any atom is 0.412 e. The summed E-state index contributed by atoms with van der Waals surface area (Å²) in [5.74, 6) is -3.03. The van der Waals surface area contributed by atoms with E-state index in [9.17, 15) is 23.6 Å². The van der Waals surface area contributed by atoms with Crippen LogP contribution in [0.2, 0.25) is 0 Å². The van der Waals surface area contributed by atoms with Crippen LogP contribution in [0, 0.1) is 5.82 Å². The smallest absolute Gasteiger partial charge is 0.412 e. The summed E-state index contributed by atoms with van der Waals surface area (Å²) in [5.41, 5.74) is -0.988. The summed E-state index contributed by atoms with van der Waals surface area (Å²) in [7, 11) is 0. The monoisotopic (exact) mass is 429 g/mol. The molecule has 1 aromatic heterocycles. The zero-order valence-corrected chi connectivity index (χ0v) is 17.0. The molecular weight excluding hydrogens is 405 g/mol. The van der Waals surface area contributed by atoms with Crippen molar-refractivity contribution in [1.82, 2.24) is 9.55 Å². The predicted octanol–water partition coefficient (Wildman–Crippen LogP) is 1.51. The molecule has 0 bridgehead atoms. The van der Waals surface area contributed by atoms with Gasteiger partial charge < -0.3 is 18.9 Å². The van der Waals surface area contributed by atoms with Crippen molar-refractivity contribution in [2.24, 2.45) is 0 Å². The van der Waals surface area contributed by atoms with Gasteiger partial charge >= 0.3 is 23.7 Å². The van der Waals surface area contributed by atoms with Crippen LogP contribution in [0.3, 0.4) is 0 Å². The topological polar surface area (TPSA) is 135 Å². The quantitative estimate of drug-likeness (QED) is 0.389. The van der Waals surface area contributed by atoms with Crippen molar-refractivity contribution in [3.63, 3.8) is 0 Å². The summed E-state index contributed by atoms with van der Waals surface area (Å²) in [6, 6.07) is 0. The van der Waals surface area contributed by atoms with Crippen LogP contribution in [0.25, 0.3) is 0 Å². The largest absolute Gasteiger partial charge is 0.456 e. The highest BCUT2D eigenvalue weighted by molar-refractivity contribution is 5.83. The van der Waals surface area contributed by atoms with Crippen LogP contribution in [-0.4, -0.2) is 52.5 Å². The SMILES string of the molecule is CCCCOC(=O)Nc1nc(=O)n([C@H]2O[C@@H](C)[C@H](OC(C)=O)[C@@H]2OC(C)=O)cc1F. The summed E-state index contributed by atoms with van der Waals surface area (Å²) in [4.78, 5) is 50.5. The number of anilines is 1. The highest BCUT2D eigenvalue weighted by Gasteiger charge is 2.48. The summed E-state index contributed by atoms with van der Waals surface area (Å²) in [5, 5.41) is 2.06. The molecule has 1 aliphatic heterocycles. The van der Waals surface area contributed by atoms with Crippen LogP contribution < -0.4 is 11.0 Å². The lowest BCUT2D eigenvalue weighted by Crippen LogP contribution is -2.40. The Hall–Kier alpha value is -3.02. The maximum absolute atomic E-state index is 14.5. The van der Waals surface area contributed by atoms with E-state index in [1.807, 2.05) is 6.92 Å². The first-order chi connectivity index (χ1) is 14.1. The van der Waals surface area contributed by atoms with Gasteiger partial charge in [-0.15, -0.1) is 0 Å². The Labute approximate surface area is 171 Å². The Morgan fingerprint density at radius 2 is 1.87 bits per heavy atom. The number of hydrogen-bond acceptors (Lipinski definition) is 9. The van der Waals surface area contributed by atoms with E-state index in [1.165, 1.54) is 6.92 Å². The van der Waals surface area contributed by atoms with Crippen molar-refractivity contribution in [2.75, 3.05) is 11.9 Å². The van der Waals surface area contributed by atoms with E-state index in [2.05, 4.69) is 10.3 Å². The van der Waals surface area contributed by atoms with E-state index in [4.69, 9.17) is 18.9 Å². The first-order valence-corrected chi connectivity index (χ1v) is 9.36. The van der Waals surface area contributed by atoms with Crippen LogP contribution >= 0.6 is 0 Å². The molecule has 166 valence electrons. The van der Waals surface area contributed by atoms with E-state index >= 15 is 0 Å². The van der Waals surface area contributed by atoms with Crippen molar-refractivity contribution < 1.29 is 37.7 Å². The van der Waals surface area contributed by atoms with Crippen molar-refractivity contribution in [3.05, 3.63) is 22.5 Å². The molecule has 2 heterocycles. The minimum atomic E-state index is -1.30. The van der Waals surface area contributed by atoms with Crippen LogP contribution in [0.4, 0.5) is 15.0 Å². The first-order valence-electron chi connectivity index (χ1n) is 9.36. The molecule has 0 aromatic carbocycles. The van der Waals surface area contributed by atoms with E-state index in [0.717, 1.165) is 24.1 Å². The molecule has 1 aromatic rings. The number of esters is 2. The number of aromatic nitrogens is 2. The molecule has 2 rings (SSSR count). The van der Waals surface area contributed by atoms with Crippen LogP contribution in [0.1, 0.15) is 46.8 Å². The maximum atomic E-state index is 14.5. The number of hydrogen-bond donors (Lipinski definition) is 1. The molecule has 4 atom stereocenters. The van der Waals surface area contributed by atoms with Gasteiger partial charge in [0, 0.05) is 13.8 Å². The first kappa shape index (κ1) is 23.3. The minimum absolute atomic E-state index is 0.135. The van der Waals surface area contributed by atoms with Gasteiger partial charge in [-0.05, 0) is 13.3 Å². The lowest BCUT2D eigenvalue weighted by atomic mass is 10.1. The second-order valence-electron chi connectivity index (χ2n) is 6.62. The van der Waals surface area contributed by atoms with Gasteiger partial charge in [-0.3, -0.25) is 19.5 Å². The van der Waals surface area contributed by atoms with Gasteiger partial charge in [0.25, 0.3) is 0 Å². The summed E-state index contributed by atoms with van der Waals surface area (Å²) in [6.07, 6.45) is -3.06. The molecule has 12 heteroatoms. The molecule has 1 N–H and O–H groups in total. The average molecular weight is 429 g/mol. The number of nitrogens with zero attached hydrogens (tertiary/aromatic N) is 2. The lowest BCUT2D eigenvalue weighted by molar-refractivity contribution is -0.165. The van der Waals surface area contributed by atoms with Gasteiger partial charge in [0.15, 0.2) is 30.1 Å². The van der Waals surface area contributed by atoms with Gasteiger partial charge in [0.2, 0.25) is 0 Å². The molecule has 0 radical (unpaired) electrons. The molecule has 0 unspecified atom stereocenters.